The number of nitrogens with one attached hydrogen (secondary N) is 3. The molecule has 0 aromatic heterocycles. The van der Waals surface area contributed by atoms with Gasteiger partial charge in [-0.05, 0) is 36.8 Å². The van der Waals surface area contributed by atoms with Crippen LogP contribution in [0.5, 0.6) is 5.75 Å². The van der Waals surface area contributed by atoms with Gasteiger partial charge in [-0.25, -0.2) is 8.78 Å². The number of benzene rings is 2. The van der Waals surface area contributed by atoms with Crippen LogP contribution in [0, 0.1) is 11.6 Å². The van der Waals surface area contributed by atoms with Gasteiger partial charge in [0.25, 0.3) is 5.91 Å². The van der Waals surface area contributed by atoms with E-state index in [9.17, 15) is 23.2 Å². The molecule has 0 saturated carbocycles. The Hall–Kier alpha value is -3.49. The van der Waals surface area contributed by atoms with Crippen LogP contribution in [0.1, 0.15) is 30.1 Å². The molecular weight excluding hydrogens is 384 g/mol. The smallest absolute Gasteiger partial charge is 0.254 e. The van der Waals surface area contributed by atoms with Gasteiger partial charge in [-0.15, -0.1) is 0 Å². The second-order valence-electron chi connectivity index (χ2n) is 6.13. The van der Waals surface area contributed by atoms with Gasteiger partial charge >= 0.3 is 0 Å². The van der Waals surface area contributed by atoms with Gasteiger partial charge in [0.15, 0.2) is 0 Å². The van der Waals surface area contributed by atoms with Crippen molar-refractivity contribution in [3.8, 4) is 5.75 Å². The van der Waals surface area contributed by atoms with Crippen molar-refractivity contribution in [1.82, 2.24) is 5.32 Å². The van der Waals surface area contributed by atoms with Gasteiger partial charge in [0.05, 0.1) is 18.4 Å². The Bertz CT molecular complexity index is 919. The fourth-order valence-corrected chi connectivity index (χ4v) is 2.52. The van der Waals surface area contributed by atoms with Crippen LogP contribution in [0.15, 0.2) is 36.4 Å². The minimum Gasteiger partial charge on any atom is -0.495 e. The molecule has 2 aromatic carbocycles. The molecule has 9 heteroatoms. The number of ether oxygens (including phenoxy) is 1. The monoisotopic (exact) mass is 405 g/mol. The second kappa shape index (κ2) is 10.2. The number of carbonyl (C=O) groups excluding carboxylic acids is 3. The molecule has 154 valence electrons. The van der Waals surface area contributed by atoms with Crippen molar-refractivity contribution >= 4 is 29.1 Å². The van der Waals surface area contributed by atoms with Crippen LogP contribution in [0.4, 0.5) is 20.2 Å². The molecule has 0 aliphatic heterocycles. The molecule has 7 nitrogen and oxygen atoms in total. The van der Waals surface area contributed by atoms with Gasteiger partial charge in [-0.2, -0.15) is 0 Å². The molecule has 0 heterocycles. The Morgan fingerprint density at radius 2 is 1.79 bits per heavy atom. The molecule has 0 radical (unpaired) electrons. The summed E-state index contributed by atoms with van der Waals surface area (Å²) < 4.78 is 31.6. The summed E-state index contributed by atoms with van der Waals surface area (Å²) in [5.41, 5.74) is 0.628. The zero-order chi connectivity index (χ0) is 21.4. The van der Waals surface area contributed by atoms with Gasteiger partial charge in [-0.3, -0.25) is 14.4 Å². The number of amides is 3. The molecular formula is C20H21F2N3O4. The summed E-state index contributed by atoms with van der Waals surface area (Å²) in [5, 5.41) is 7.77. The first-order chi connectivity index (χ1) is 13.8. The number of hydrogen-bond donors (Lipinski definition) is 3. The fraction of sp³-hybridized carbons (Fsp3) is 0.250. The summed E-state index contributed by atoms with van der Waals surface area (Å²) in [4.78, 5) is 35.2. The number of hydrogen-bond acceptors (Lipinski definition) is 4. The molecule has 3 amide bonds. The Morgan fingerprint density at radius 1 is 1.03 bits per heavy atom. The summed E-state index contributed by atoms with van der Waals surface area (Å²) in [5.74, 6) is -2.52. The summed E-state index contributed by atoms with van der Waals surface area (Å²) in [7, 11) is 1.46. The molecule has 2 rings (SSSR count). The van der Waals surface area contributed by atoms with Crippen molar-refractivity contribution in [3.05, 3.63) is 53.6 Å². The van der Waals surface area contributed by atoms with Crippen LogP contribution in [0.3, 0.4) is 0 Å². The highest BCUT2D eigenvalue weighted by Crippen LogP contribution is 2.27. The topological polar surface area (TPSA) is 96.5 Å². The molecule has 0 saturated heterocycles. The summed E-state index contributed by atoms with van der Waals surface area (Å²) in [6.45, 7) is 1.50. The number of methoxy groups -OCH3 is 1. The third kappa shape index (κ3) is 6.56. The molecule has 0 fully saturated rings. The molecule has 0 bridgehead atoms. The minimum absolute atomic E-state index is 0.105. The minimum atomic E-state index is -0.949. The maximum absolute atomic E-state index is 13.5. The third-order valence-electron chi connectivity index (χ3n) is 3.84. The van der Waals surface area contributed by atoms with E-state index in [2.05, 4.69) is 16.0 Å². The first kappa shape index (κ1) is 21.8. The Balaban J connectivity index is 1.82. The van der Waals surface area contributed by atoms with Crippen molar-refractivity contribution in [2.45, 2.75) is 19.8 Å². The molecule has 0 aliphatic rings. The maximum Gasteiger partial charge on any atom is 0.254 e. The Morgan fingerprint density at radius 3 is 2.45 bits per heavy atom. The molecule has 0 spiro atoms. The number of rotatable bonds is 8. The van der Waals surface area contributed by atoms with Gasteiger partial charge in [0.1, 0.15) is 17.4 Å². The van der Waals surface area contributed by atoms with Gasteiger partial charge < -0.3 is 20.7 Å². The maximum atomic E-state index is 13.5. The highest BCUT2D eigenvalue weighted by atomic mass is 19.1. The Kier molecular flexibility index (Phi) is 7.64. The van der Waals surface area contributed by atoms with Gasteiger partial charge in [0.2, 0.25) is 11.8 Å². The normalized spacial score (nSPS) is 10.2. The zero-order valence-corrected chi connectivity index (χ0v) is 16.0. The average Bonchev–Trinajstić information content (AvgIpc) is 2.65. The van der Waals surface area contributed by atoms with Crippen LogP contribution < -0.4 is 20.7 Å². The van der Waals surface area contributed by atoms with E-state index in [4.69, 9.17) is 4.74 Å². The SMILES string of the molecule is COc1ccc(NC(=O)CCCNC(=O)c2ccc(F)cc2F)cc1NC(C)=O. The van der Waals surface area contributed by atoms with E-state index in [1.54, 1.807) is 18.2 Å². The van der Waals surface area contributed by atoms with Crippen molar-refractivity contribution in [1.29, 1.82) is 0 Å². The summed E-state index contributed by atoms with van der Waals surface area (Å²) in [6.07, 6.45) is 0.419. The van der Waals surface area contributed by atoms with Crippen LogP contribution in [-0.4, -0.2) is 31.4 Å². The molecule has 3 N–H and O–H groups in total. The van der Waals surface area contributed by atoms with Crippen molar-refractivity contribution in [3.63, 3.8) is 0 Å². The van der Waals surface area contributed by atoms with Crippen molar-refractivity contribution in [2.75, 3.05) is 24.3 Å². The van der Waals surface area contributed by atoms with Crippen molar-refractivity contribution < 1.29 is 27.9 Å². The quantitative estimate of drug-likeness (QED) is 0.588. The number of carbonyl (C=O) groups is 3. The van der Waals surface area contributed by atoms with E-state index in [1.807, 2.05) is 0 Å². The number of anilines is 2. The second-order valence-corrected chi connectivity index (χ2v) is 6.13. The lowest BCUT2D eigenvalue weighted by molar-refractivity contribution is -0.116. The van der Waals surface area contributed by atoms with Gasteiger partial charge in [0, 0.05) is 31.6 Å². The first-order valence-electron chi connectivity index (χ1n) is 8.79. The van der Waals surface area contributed by atoms with E-state index < -0.39 is 17.5 Å². The van der Waals surface area contributed by atoms with Crippen LogP contribution in [0.2, 0.25) is 0 Å². The summed E-state index contributed by atoms with van der Waals surface area (Å²) >= 11 is 0. The molecule has 0 atom stereocenters. The van der Waals surface area contributed by atoms with Crippen molar-refractivity contribution in [2.24, 2.45) is 0 Å². The molecule has 0 unspecified atom stereocenters. The van der Waals surface area contributed by atoms with E-state index in [0.29, 0.717) is 29.6 Å². The summed E-state index contributed by atoms with van der Waals surface area (Å²) in [6, 6.07) is 7.49. The van der Waals surface area contributed by atoms with E-state index >= 15 is 0 Å². The predicted molar refractivity (Wildman–Crippen MR) is 104 cm³/mol. The molecule has 29 heavy (non-hydrogen) atoms. The first-order valence-corrected chi connectivity index (χ1v) is 8.79. The molecule has 2 aromatic rings. The van der Waals surface area contributed by atoms with E-state index in [1.165, 1.54) is 14.0 Å². The predicted octanol–water partition coefficient (Wildman–Crippen LogP) is 3.08. The van der Waals surface area contributed by atoms with Gasteiger partial charge in [-0.1, -0.05) is 0 Å². The lowest BCUT2D eigenvalue weighted by Gasteiger charge is -2.12. The fourth-order valence-electron chi connectivity index (χ4n) is 2.52. The largest absolute Gasteiger partial charge is 0.495 e. The highest BCUT2D eigenvalue weighted by Gasteiger charge is 2.12. The number of halogens is 2. The van der Waals surface area contributed by atoms with Crippen LogP contribution in [-0.2, 0) is 9.59 Å². The zero-order valence-electron chi connectivity index (χ0n) is 16.0. The third-order valence-corrected chi connectivity index (χ3v) is 3.84. The van der Waals surface area contributed by atoms with E-state index in [-0.39, 0.29) is 30.3 Å². The highest BCUT2D eigenvalue weighted by molar-refractivity contribution is 5.95. The lowest BCUT2D eigenvalue weighted by Crippen LogP contribution is -2.26. The standard InChI is InChI=1S/C20H21F2N3O4/c1-12(26)24-17-11-14(6-8-18(17)29-2)25-19(27)4-3-9-23-20(28)15-7-5-13(21)10-16(15)22/h5-8,10-11H,3-4,9H2,1-2H3,(H,23,28)(H,24,26)(H,25,27). The van der Waals surface area contributed by atoms with Crippen LogP contribution in [0.25, 0.3) is 0 Å². The Labute approximate surface area is 166 Å². The average molecular weight is 405 g/mol. The van der Waals surface area contributed by atoms with E-state index in [0.717, 1.165) is 12.1 Å². The van der Waals surface area contributed by atoms with Crippen LogP contribution >= 0.6 is 0 Å². The molecule has 0 aliphatic carbocycles. The lowest BCUT2D eigenvalue weighted by atomic mass is 10.2.